The van der Waals surface area contributed by atoms with E-state index in [4.69, 9.17) is 14.2 Å². The average Bonchev–Trinajstić information content (AvgIpc) is 2.67. The topological polar surface area (TPSA) is 114 Å². The van der Waals surface area contributed by atoms with Crippen molar-refractivity contribution in [2.45, 2.75) is 19.8 Å². The number of anilines is 1. The first-order chi connectivity index (χ1) is 12.9. The van der Waals surface area contributed by atoms with Crippen molar-refractivity contribution < 1.29 is 33.7 Å². The van der Waals surface area contributed by atoms with E-state index >= 15 is 0 Å². The van der Waals surface area contributed by atoms with Gasteiger partial charge in [0.1, 0.15) is 17.1 Å². The van der Waals surface area contributed by atoms with Gasteiger partial charge in [0.05, 0.1) is 32.4 Å². The molecule has 2 amide bonds. The van der Waals surface area contributed by atoms with Crippen LogP contribution in [0, 0.1) is 5.92 Å². The van der Waals surface area contributed by atoms with Crippen molar-refractivity contribution in [2.24, 2.45) is 5.92 Å². The number of hydrogen-bond acceptors (Lipinski definition) is 6. The van der Waals surface area contributed by atoms with Crippen molar-refractivity contribution in [2.75, 3.05) is 39.2 Å². The highest BCUT2D eigenvalue weighted by molar-refractivity contribution is 6.03. The summed E-state index contributed by atoms with van der Waals surface area (Å²) in [6.07, 6.45) is 1.12. The number of ether oxygens (including phenoxy) is 3. The lowest BCUT2D eigenvalue weighted by atomic mass is 9.99. The average molecular weight is 380 g/mol. The molecule has 1 unspecified atom stereocenters. The predicted molar refractivity (Wildman–Crippen MR) is 96.5 cm³/mol. The number of carbonyl (C=O) groups is 3. The number of esters is 1. The smallest absolute Gasteiger partial charge is 0.344 e. The number of amides is 2. The molecule has 1 saturated heterocycles. The van der Waals surface area contributed by atoms with Gasteiger partial charge in [0.25, 0.3) is 0 Å². The van der Waals surface area contributed by atoms with Crippen LogP contribution in [0.3, 0.4) is 0 Å². The van der Waals surface area contributed by atoms with Crippen molar-refractivity contribution >= 4 is 23.7 Å². The molecule has 9 heteroatoms. The summed E-state index contributed by atoms with van der Waals surface area (Å²) in [7, 11) is 2.84. The fourth-order valence-electron chi connectivity index (χ4n) is 2.94. The number of carboxylic acids is 1. The highest BCUT2D eigenvalue weighted by Crippen LogP contribution is 2.33. The lowest BCUT2D eigenvalue weighted by molar-refractivity contribution is -0.143. The third-order valence-corrected chi connectivity index (χ3v) is 4.31. The van der Waals surface area contributed by atoms with Gasteiger partial charge in [0, 0.05) is 25.2 Å². The lowest BCUT2D eigenvalue weighted by Crippen LogP contribution is -2.44. The van der Waals surface area contributed by atoms with Gasteiger partial charge in [-0.2, -0.15) is 0 Å². The van der Waals surface area contributed by atoms with Crippen molar-refractivity contribution in [1.29, 1.82) is 0 Å². The van der Waals surface area contributed by atoms with Gasteiger partial charge in [-0.25, -0.2) is 9.59 Å². The fraction of sp³-hybridized carbons (Fsp3) is 0.500. The number of piperidine rings is 1. The van der Waals surface area contributed by atoms with Crippen LogP contribution >= 0.6 is 0 Å². The van der Waals surface area contributed by atoms with E-state index in [0.717, 1.165) is 0 Å². The summed E-state index contributed by atoms with van der Waals surface area (Å²) < 4.78 is 15.5. The maximum absolute atomic E-state index is 12.7. The second-order valence-corrected chi connectivity index (χ2v) is 6.03. The Labute approximate surface area is 157 Å². The number of methoxy groups -OCH3 is 2. The number of aliphatic carboxylic acids is 1. The Morgan fingerprint density at radius 3 is 2.59 bits per heavy atom. The highest BCUT2D eigenvalue weighted by atomic mass is 16.5. The number of benzene rings is 1. The van der Waals surface area contributed by atoms with E-state index < -0.39 is 23.9 Å². The van der Waals surface area contributed by atoms with Gasteiger partial charge >= 0.3 is 18.0 Å². The molecule has 1 aliphatic rings. The molecule has 2 N–H and O–H groups in total. The highest BCUT2D eigenvalue weighted by Gasteiger charge is 2.29. The second kappa shape index (κ2) is 9.11. The van der Waals surface area contributed by atoms with Crippen molar-refractivity contribution in [3.8, 4) is 11.5 Å². The normalized spacial score (nSPS) is 16.4. The molecule has 1 fully saturated rings. The Morgan fingerprint density at radius 1 is 1.26 bits per heavy atom. The van der Waals surface area contributed by atoms with Gasteiger partial charge < -0.3 is 29.5 Å². The molecule has 1 heterocycles. The maximum atomic E-state index is 12.7. The van der Waals surface area contributed by atoms with E-state index in [1.54, 1.807) is 6.92 Å². The number of likely N-dealkylation sites (tertiary alicyclic amines) is 1. The summed E-state index contributed by atoms with van der Waals surface area (Å²) in [6, 6.07) is 2.51. The number of carboxylic acid groups (broad SMARTS) is 1. The van der Waals surface area contributed by atoms with Gasteiger partial charge in [-0.3, -0.25) is 4.79 Å². The minimum Gasteiger partial charge on any atom is -0.497 e. The first-order valence-electron chi connectivity index (χ1n) is 8.63. The third-order valence-electron chi connectivity index (χ3n) is 4.31. The Kier molecular flexibility index (Phi) is 6.86. The molecule has 0 spiro atoms. The standard InChI is InChI=1S/C18H24N2O7/c1-4-27-17(23)15-13(8-12(25-2)9-14(15)26-3)19-18(24)20-7-5-6-11(10-20)16(21)22/h8-9,11H,4-7,10H2,1-3H3,(H,19,24)(H,21,22). The fourth-order valence-corrected chi connectivity index (χ4v) is 2.94. The van der Waals surface area contributed by atoms with Crippen molar-refractivity contribution in [3.63, 3.8) is 0 Å². The van der Waals surface area contributed by atoms with Crippen LogP contribution in [0.5, 0.6) is 11.5 Å². The Balaban J connectivity index is 2.31. The summed E-state index contributed by atoms with van der Waals surface area (Å²) in [5, 5.41) is 11.8. The molecule has 1 aromatic rings. The van der Waals surface area contributed by atoms with Crippen LogP contribution in [-0.2, 0) is 9.53 Å². The van der Waals surface area contributed by atoms with Crippen LogP contribution in [-0.4, -0.2) is 61.9 Å². The van der Waals surface area contributed by atoms with Crippen molar-refractivity contribution in [3.05, 3.63) is 17.7 Å². The quantitative estimate of drug-likeness (QED) is 0.727. The Bertz CT molecular complexity index is 720. The number of urea groups is 1. The number of nitrogens with one attached hydrogen (secondary N) is 1. The van der Waals surface area contributed by atoms with Gasteiger partial charge in [-0.1, -0.05) is 0 Å². The van der Waals surface area contributed by atoms with Gasteiger partial charge in [-0.15, -0.1) is 0 Å². The molecule has 27 heavy (non-hydrogen) atoms. The van der Waals surface area contributed by atoms with Gasteiger partial charge in [0.15, 0.2) is 0 Å². The molecule has 0 radical (unpaired) electrons. The first kappa shape index (κ1) is 20.3. The van der Waals surface area contributed by atoms with Gasteiger partial charge in [0.2, 0.25) is 0 Å². The molecule has 1 aliphatic heterocycles. The molecule has 0 saturated carbocycles. The molecular weight excluding hydrogens is 356 g/mol. The molecule has 148 valence electrons. The number of rotatable bonds is 6. The zero-order valence-corrected chi connectivity index (χ0v) is 15.6. The summed E-state index contributed by atoms with van der Waals surface area (Å²) >= 11 is 0. The zero-order chi connectivity index (χ0) is 20.0. The molecule has 2 rings (SSSR count). The van der Waals surface area contributed by atoms with Crippen LogP contribution in [0.2, 0.25) is 0 Å². The molecule has 1 aromatic carbocycles. The van der Waals surface area contributed by atoms with Crippen LogP contribution in [0.4, 0.5) is 10.5 Å². The molecular formula is C18H24N2O7. The van der Waals surface area contributed by atoms with Crippen LogP contribution < -0.4 is 14.8 Å². The molecule has 0 aliphatic carbocycles. The summed E-state index contributed by atoms with van der Waals surface area (Å²) in [5.74, 6) is -1.59. The summed E-state index contributed by atoms with van der Waals surface area (Å²) in [6.45, 7) is 2.38. The Hall–Kier alpha value is -2.97. The van der Waals surface area contributed by atoms with Crippen molar-refractivity contribution in [1.82, 2.24) is 4.90 Å². The molecule has 0 bridgehead atoms. The maximum Gasteiger partial charge on any atom is 0.344 e. The van der Waals surface area contributed by atoms with Gasteiger partial charge in [-0.05, 0) is 19.8 Å². The van der Waals surface area contributed by atoms with E-state index in [-0.39, 0.29) is 30.2 Å². The van der Waals surface area contributed by atoms with Crippen LogP contribution in [0.15, 0.2) is 12.1 Å². The minimum atomic E-state index is -0.928. The van der Waals surface area contributed by atoms with E-state index in [1.807, 2.05) is 0 Å². The number of nitrogens with zero attached hydrogens (tertiary/aromatic N) is 1. The van der Waals surface area contributed by atoms with Crippen LogP contribution in [0.25, 0.3) is 0 Å². The SMILES string of the molecule is CCOC(=O)c1c(NC(=O)N2CCCC(C(=O)O)C2)cc(OC)cc1OC. The lowest BCUT2D eigenvalue weighted by Gasteiger charge is -2.31. The predicted octanol–water partition coefficient (Wildman–Crippen LogP) is 2.21. The third kappa shape index (κ3) is 4.81. The Morgan fingerprint density at radius 2 is 2.00 bits per heavy atom. The van der Waals surface area contributed by atoms with Crippen LogP contribution in [0.1, 0.15) is 30.1 Å². The van der Waals surface area contributed by atoms with E-state index in [0.29, 0.717) is 25.1 Å². The largest absolute Gasteiger partial charge is 0.497 e. The van der Waals surface area contributed by atoms with E-state index in [9.17, 15) is 19.5 Å². The van der Waals surface area contributed by atoms with E-state index in [2.05, 4.69) is 5.32 Å². The minimum absolute atomic E-state index is 0.0697. The first-order valence-corrected chi connectivity index (χ1v) is 8.63. The summed E-state index contributed by atoms with van der Waals surface area (Å²) in [4.78, 5) is 37.6. The molecule has 0 aromatic heterocycles. The molecule has 1 atom stereocenters. The zero-order valence-electron chi connectivity index (χ0n) is 15.6. The number of carbonyl (C=O) groups excluding carboxylic acids is 2. The monoisotopic (exact) mass is 380 g/mol. The summed E-state index contributed by atoms with van der Waals surface area (Å²) in [5.41, 5.74) is 0.243. The number of hydrogen-bond donors (Lipinski definition) is 2. The van der Waals surface area contributed by atoms with E-state index in [1.165, 1.54) is 31.3 Å². The molecule has 9 nitrogen and oxygen atoms in total. The second-order valence-electron chi connectivity index (χ2n) is 6.03.